The molecule has 1 amide bonds. The lowest BCUT2D eigenvalue weighted by atomic mass is 9.93. The van der Waals surface area contributed by atoms with Crippen molar-refractivity contribution in [3.63, 3.8) is 0 Å². The average molecular weight is 565 g/mol. The molecule has 5 rings (SSSR count). The van der Waals surface area contributed by atoms with Crippen LogP contribution in [-0.2, 0) is 0 Å². The van der Waals surface area contributed by atoms with Crippen LogP contribution >= 0.6 is 11.9 Å². The highest BCUT2D eigenvalue weighted by atomic mass is 32.2. The van der Waals surface area contributed by atoms with E-state index in [4.69, 9.17) is 0 Å². The summed E-state index contributed by atoms with van der Waals surface area (Å²) in [6.45, 7) is 2.83. The fraction of sp³-hybridized carbons (Fsp3) is 0.593. The topological polar surface area (TPSA) is 93.6 Å². The molecule has 1 aromatic heterocycles. The number of hydrogen-bond acceptors (Lipinski definition) is 8. The van der Waals surface area contributed by atoms with Crippen LogP contribution in [0.25, 0.3) is 0 Å². The first-order valence-electron chi connectivity index (χ1n) is 13.5. The molecule has 1 saturated carbocycles. The Morgan fingerprint density at radius 2 is 1.74 bits per heavy atom. The van der Waals surface area contributed by atoms with E-state index in [2.05, 4.69) is 24.9 Å². The number of aryl methyl sites for hydroxylation is 1. The van der Waals surface area contributed by atoms with E-state index in [-0.39, 0.29) is 38.4 Å². The number of nitrogens with zero attached hydrogens (tertiary/aromatic N) is 4. The molecule has 3 fully saturated rings. The smallest absolute Gasteiger partial charge is 0.258 e. The molecule has 8 nitrogen and oxygen atoms in total. The predicted molar refractivity (Wildman–Crippen MR) is 149 cm³/mol. The number of benzene rings is 1. The van der Waals surface area contributed by atoms with Gasteiger partial charge in [0.2, 0.25) is 5.95 Å². The van der Waals surface area contributed by atoms with Crippen LogP contribution in [0.1, 0.15) is 54.6 Å². The molecule has 2 aromatic rings. The Morgan fingerprint density at radius 3 is 2.38 bits per heavy atom. The molecule has 12 heteroatoms. The van der Waals surface area contributed by atoms with Crippen LogP contribution in [0.3, 0.4) is 0 Å². The monoisotopic (exact) mass is 564 g/mol. The normalized spacial score (nSPS) is 20.5. The Hall–Kier alpha value is -2.73. The Balaban J connectivity index is 1.35. The number of piperidine rings is 2. The highest BCUT2D eigenvalue weighted by molar-refractivity contribution is 8.01. The molecule has 1 atom stereocenters. The van der Waals surface area contributed by atoms with Gasteiger partial charge in [0.05, 0.1) is 23.1 Å². The zero-order valence-electron chi connectivity index (χ0n) is 22.1. The van der Waals surface area contributed by atoms with Gasteiger partial charge in [-0.2, -0.15) is 4.98 Å². The standard InChI is InChI=1S/C27H35F3N6O2S/c1-18-14-23(33-25(31-18)36-12-8-27(29,30)9-13-36)32-24(38)21-3-2-19(34-39-20(16-28)17-37)15-22(21)35-10-6-26(4-5-26)7-11-35/h2-3,14-15,20,34,37H,4-13,16-17H2,1H3,(H,31,32,33,38)/t20-/m0/s1. The Labute approximate surface area is 230 Å². The fourth-order valence-electron chi connectivity index (χ4n) is 5.19. The van der Waals surface area contributed by atoms with Crippen LogP contribution in [0.4, 0.5) is 36.3 Å². The van der Waals surface area contributed by atoms with Crippen molar-refractivity contribution >= 4 is 41.0 Å². The quantitative estimate of drug-likeness (QED) is 0.365. The summed E-state index contributed by atoms with van der Waals surface area (Å²) in [7, 11) is 0. The molecule has 1 aromatic carbocycles. The molecule has 212 valence electrons. The van der Waals surface area contributed by atoms with Crippen LogP contribution in [-0.4, -0.2) is 71.6 Å². The van der Waals surface area contributed by atoms with Gasteiger partial charge in [-0.25, -0.2) is 18.2 Å². The van der Waals surface area contributed by atoms with Gasteiger partial charge in [0, 0.05) is 56.5 Å². The minimum atomic E-state index is -2.67. The molecule has 0 radical (unpaired) electrons. The number of nitrogens with one attached hydrogen (secondary N) is 2. The predicted octanol–water partition coefficient (Wildman–Crippen LogP) is 5.04. The number of alkyl halides is 3. The first-order valence-corrected chi connectivity index (χ1v) is 14.3. The molecule has 3 N–H and O–H groups in total. The maximum Gasteiger partial charge on any atom is 0.258 e. The third-order valence-electron chi connectivity index (χ3n) is 7.95. The van der Waals surface area contributed by atoms with E-state index < -0.39 is 17.8 Å². The van der Waals surface area contributed by atoms with Gasteiger partial charge >= 0.3 is 0 Å². The number of rotatable bonds is 9. The summed E-state index contributed by atoms with van der Waals surface area (Å²) in [6.07, 6.45) is 4.19. The van der Waals surface area contributed by atoms with E-state index in [0.29, 0.717) is 34.1 Å². The lowest BCUT2D eigenvalue weighted by molar-refractivity contribution is -0.0222. The minimum absolute atomic E-state index is 0.149. The first-order chi connectivity index (χ1) is 18.7. The first kappa shape index (κ1) is 27.8. The highest BCUT2D eigenvalue weighted by Crippen LogP contribution is 2.54. The van der Waals surface area contributed by atoms with E-state index in [0.717, 1.165) is 43.6 Å². The summed E-state index contributed by atoms with van der Waals surface area (Å²) in [5.41, 5.74) is 3.07. The third-order valence-corrected chi connectivity index (χ3v) is 8.91. The van der Waals surface area contributed by atoms with Crippen molar-refractivity contribution in [3.8, 4) is 0 Å². The Kier molecular flexibility index (Phi) is 8.14. The second-order valence-electron chi connectivity index (χ2n) is 10.9. The maximum absolute atomic E-state index is 13.6. The summed E-state index contributed by atoms with van der Waals surface area (Å²) >= 11 is 1.11. The molecule has 3 heterocycles. The van der Waals surface area contributed by atoms with E-state index in [1.807, 2.05) is 6.07 Å². The van der Waals surface area contributed by atoms with Crippen LogP contribution in [0, 0.1) is 12.3 Å². The highest BCUT2D eigenvalue weighted by Gasteiger charge is 2.44. The second-order valence-corrected chi connectivity index (χ2v) is 12.0. The molecular weight excluding hydrogens is 529 g/mol. The molecule has 1 spiro atoms. The van der Waals surface area contributed by atoms with Gasteiger partial charge < -0.3 is 24.9 Å². The summed E-state index contributed by atoms with van der Waals surface area (Å²) in [5.74, 6) is -2.36. The van der Waals surface area contributed by atoms with Gasteiger partial charge in [0.1, 0.15) is 12.5 Å². The van der Waals surface area contributed by atoms with Gasteiger partial charge in [-0.3, -0.25) is 4.79 Å². The third kappa shape index (κ3) is 6.71. The van der Waals surface area contributed by atoms with Crippen LogP contribution in [0.15, 0.2) is 24.3 Å². The van der Waals surface area contributed by atoms with Crippen molar-refractivity contribution in [2.24, 2.45) is 5.41 Å². The number of carbonyl (C=O) groups is 1. The van der Waals surface area contributed by atoms with Gasteiger partial charge in [0.15, 0.2) is 0 Å². The fourth-order valence-corrected chi connectivity index (χ4v) is 5.76. The lowest BCUT2D eigenvalue weighted by Gasteiger charge is -2.35. The number of anilines is 4. The SMILES string of the molecule is Cc1cc(NC(=O)c2ccc(NS[C@H](CO)CF)cc2N2CCC3(CC2)CC3)nc(N2CCC(F)(F)CC2)n1. The number of aliphatic hydroxyl groups is 1. The molecule has 3 aliphatic rings. The number of aliphatic hydroxyl groups excluding tert-OH is 1. The van der Waals surface area contributed by atoms with Gasteiger partial charge in [-0.05, 0) is 68.2 Å². The molecule has 2 aliphatic heterocycles. The van der Waals surface area contributed by atoms with Crippen molar-refractivity contribution in [1.29, 1.82) is 0 Å². The minimum Gasteiger partial charge on any atom is -0.395 e. The van der Waals surface area contributed by atoms with Gasteiger partial charge in [0.25, 0.3) is 11.8 Å². The van der Waals surface area contributed by atoms with Crippen LogP contribution in [0.2, 0.25) is 0 Å². The number of aromatic nitrogens is 2. The molecule has 39 heavy (non-hydrogen) atoms. The molecule has 0 bridgehead atoms. The van der Waals surface area contributed by atoms with Crippen molar-refractivity contribution in [1.82, 2.24) is 9.97 Å². The van der Waals surface area contributed by atoms with Crippen LogP contribution in [0.5, 0.6) is 0 Å². The largest absolute Gasteiger partial charge is 0.395 e. The van der Waals surface area contributed by atoms with Crippen molar-refractivity contribution < 1.29 is 23.1 Å². The summed E-state index contributed by atoms with van der Waals surface area (Å²) < 4.78 is 43.5. The number of hydrogen-bond donors (Lipinski definition) is 3. The van der Waals surface area contributed by atoms with Crippen molar-refractivity contribution in [3.05, 3.63) is 35.5 Å². The zero-order valence-corrected chi connectivity index (χ0v) is 22.9. The summed E-state index contributed by atoms with van der Waals surface area (Å²) in [4.78, 5) is 26.4. The number of amides is 1. The summed E-state index contributed by atoms with van der Waals surface area (Å²) in [5, 5.41) is 11.6. The number of carbonyl (C=O) groups excluding carboxylic acids is 1. The van der Waals surface area contributed by atoms with E-state index in [9.17, 15) is 23.1 Å². The van der Waals surface area contributed by atoms with Crippen molar-refractivity contribution in [2.45, 2.75) is 56.6 Å². The molecule has 1 aliphatic carbocycles. The second kappa shape index (κ2) is 11.4. The van der Waals surface area contributed by atoms with E-state index >= 15 is 0 Å². The van der Waals surface area contributed by atoms with Gasteiger partial charge in [-0.15, -0.1) is 0 Å². The van der Waals surface area contributed by atoms with Gasteiger partial charge in [-0.1, -0.05) is 0 Å². The van der Waals surface area contributed by atoms with E-state index in [1.54, 1.807) is 30.0 Å². The molecule has 0 unspecified atom stereocenters. The summed E-state index contributed by atoms with van der Waals surface area (Å²) in [6, 6.07) is 7.05. The Morgan fingerprint density at radius 1 is 1.05 bits per heavy atom. The Bertz CT molecular complexity index is 1170. The maximum atomic E-state index is 13.6. The lowest BCUT2D eigenvalue weighted by Crippen LogP contribution is -2.40. The van der Waals surface area contributed by atoms with Crippen molar-refractivity contribution in [2.75, 3.05) is 59.3 Å². The van der Waals surface area contributed by atoms with E-state index in [1.165, 1.54) is 12.8 Å². The van der Waals surface area contributed by atoms with Crippen LogP contribution < -0.4 is 19.8 Å². The molecule has 2 saturated heterocycles. The number of halogens is 3. The molecular formula is C27H35F3N6O2S. The zero-order chi connectivity index (χ0) is 27.6. The average Bonchev–Trinajstić information content (AvgIpc) is 3.67.